The molecule has 0 bridgehead atoms. The lowest BCUT2D eigenvalue weighted by atomic mass is 9.41. The van der Waals surface area contributed by atoms with Crippen molar-refractivity contribution in [3.63, 3.8) is 0 Å². The summed E-state index contributed by atoms with van der Waals surface area (Å²) in [5, 5.41) is 142. The Morgan fingerprint density at radius 3 is 1.43 bits per heavy atom. The number of fused-ring (bicyclic) bond motifs is 4. The van der Waals surface area contributed by atoms with Gasteiger partial charge in [-0.25, -0.2) is 0 Å². The Balaban J connectivity index is 0.000000191. The minimum Gasteiger partial charge on any atom is -0.394 e. The topological polar surface area (TPSA) is 318 Å². The average molecular weight is 1290 g/mol. The molecule has 4 unspecified atom stereocenters. The highest BCUT2D eigenvalue weighted by Crippen LogP contribution is 2.91. The first-order valence-electron chi connectivity index (χ1n) is 35.3. The summed E-state index contributed by atoms with van der Waals surface area (Å²) in [6.45, 7) is 28.9. The van der Waals surface area contributed by atoms with E-state index in [4.69, 9.17) is 28.4 Å². The van der Waals surface area contributed by atoms with E-state index in [1.165, 1.54) is 6.42 Å². The lowest BCUT2D eigenvalue weighted by molar-refractivity contribution is -0.339. The van der Waals surface area contributed by atoms with Gasteiger partial charge in [0.25, 0.3) is 0 Å². The van der Waals surface area contributed by atoms with Crippen LogP contribution in [0, 0.1) is 89.7 Å². The number of hydrogen-bond acceptors (Lipinski definition) is 19. The first kappa shape index (κ1) is 70.1. The van der Waals surface area contributed by atoms with Crippen LogP contribution in [0.2, 0.25) is 0 Å². The third-order valence-corrected chi connectivity index (χ3v) is 31.4. The Morgan fingerprint density at radius 1 is 0.451 bits per heavy atom. The molecule has 0 aromatic carbocycles. The minimum atomic E-state index is -1.60. The maximum Gasteiger partial charge on any atom is 0.186 e. The molecule has 14 aliphatic rings. The van der Waals surface area contributed by atoms with Gasteiger partial charge in [0.05, 0.1) is 84.4 Å². The van der Waals surface area contributed by atoms with E-state index < -0.39 is 120 Å². The fourth-order valence-electron chi connectivity index (χ4n) is 27.0. The van der Waals surface area contributed by atoms with Gasteiger partial charge in [-0.05, 0) is 235 Å². The molecule has 4 heterocycles. The van der Waals surface area contributed by atoms with E-state index in [0.29, 0.717) is 31.6 Å². The number of hydrogen-bond donors (Lipinski definition) is 13. The van der Waals surface area contributed by atoms with E-state index in [2.05, 4.69) is 69.2 Å². The molecular formula is C72H122O19. The molecule has 4 spiro atoms. The van der Waals surface area contributed by atoms with Crippen molar-refractivity contribution in [1.29, 1.82) is 0 Å². The largest absolute Gasteiger partial charge is 0.394 e. The highest BCUT2D eigenvalue weighted by Gasteiger charge is 2.87. The van der Waals surface area contributed by atoms with Crippen LogP contribution in [0.25, 0.3) is 0 Å². The number of aliphatic hydroxyl groups is 13. The maximum atomic E-state index is 12.2. The van der Waals surface area contributed by atoms with Crippen LogP contribution in [0.3, 0.4) is 0 Å². The molecule has 524 valence electrons. The van der Waals surface area contributed by atoms with Gasteiger partial charge in [0.1, 0.15) is 42.7 Å². The van der Waals surface area contributed by atoms with Crippen molar-refractivity contribution in [3.05, 3.63) is 0 Å². The fourth-order valence-corrected chi connectivity index (χ4v) is 27.0. The summed E-state index contributed by atoms with van der Waals surface area (Å²) in [5.74, 6) is 0.362. The molecule has 0 radical (unpaired) electrons. The normalized spacial score (nSPS) is 58.9. The van der Waals surface area contributed by atoms with Gasteiger partial charge in [-0.15, -0.1) is 0 Å². The second-order valence-electron chi connectivity index (χ2n) is 37.0. The van der Waals surface area contributed by atoms with Gasteiger partial charge in [0.15, 0.2) is 12.6 Å². The zero-order valence-corrected chi connectivity index (χ0v) is 56.7. The first-order valence-corrected chi connectivity index (χ1v) is 35.3. The highest BCUT2D eigenvalue weighted by atomic mass is 16.7. The van der Waals surface area contributed by atoms with Crippen molar-refractivity contribution in [3.8, 4) is 0 Å². The predicted molar refractivity (Wildman–Crippen MR) is 335 cm³/mol. The average Bonchev–Trinajstić information content (AvgIpc) is 1.47. The second kappa shape index (κ2) is 21.9. The van der Waals surface area contributed by atoms with Gasteiger partial charge in [-0.1, -0.05) is 62.8 Å². The van der Waals surface area contributed by atoms with E-state index in [9.17, 15) is 66.4 Å². The summed E-state index contributed by atoms with van der Waals surface area (Å²) in [4.78, 5) is 0. The molecular weight excluding hydrogens is 1170 g/mol. The lowest BCUT2D eigenvalue weighted by Crippen LogP contribution is -2.65. The summed E-state index contributed by atoms with van der Waals surface area (Å²) in [6, 6.07) is 0. The Hall–Kier alpha value is -0.760. The Labute approximate surface area is 542 Å². The number of aliphatic hydroxyl groups excluding tert-OH is 11. The Morgan fingerprint density at radius 2 is 0.934 bits per heavy atom. The van der Waals surface area contributed by atoms with Crippen molar-refractivity contribution in [2.75, 3.05) is 13.2 Å². The van der Waals surface area contributed by atoms with E-state index in [1.54, 1.807) is 13.8 Å². The van der Waals surface area contributed by atoms with Crippen molar-refractivity contribution in [1.82, 2.24) is 0 Å². The predicted octanol–water partition coefficient (Wildman–Crippen LogP) is 5.80. The fraction of sp³-hybridized carbons (Fsp3) is 1.00. The number of ether oxygens (including phenoxy) is 6. The van der Waals surface area contributed by atoms with E-state index in [1.807, 2.05) is 13.8 Å². The molecule has 13 N–H and O–H groups in total. The van der Waals surface area contributed by atoms with Crippen molar-refractivity contribution in [2.24, 2.45) is 89.7 Å². The second-order valence-corrected chi connectivity index (χ2v) is 37.0. The lowest BCUT2D eigenvalue weighted by Gasteiger charge is -2.65. The third-order valence-electron chi connectivity index (χ3n) is 31.4. The van der Waals surface area contributed by atoms with Crippen LogP contribution < -0.4 is 0 Å². The van der Waals surface area contributed by atoms with Crippen LogP contribution >= 0.6 is 0 Å². The van der Waals surface area contributed by atoms with Gasteiger partial charge >= 0.3 is 0 Å². The summed E-state index contributed by atoms with van der Waals surface area (Å²) < 4.78 is 38.5. The van der Waals surface area contributed by atoms with Crippen molar-refractivity contribution < 1.29 is 94.8 Å². The van der Waals surface area contributed by atoms with Crippen LogP contribution in [-0.2, 0) is 28.4 Å². The summed E-state index contributed by atoms with van der Waals surface area (Å²) in [5.41, 5.74) is -4.51. The Kier molecular flexibility index (Phi) is 16.9. The molecule has 14 rings (SSSR count). The summed E-state index contributed by atoms with van der Waals surface area (Å²) in [7, 11) is 0. The molecule has 91 heavy (non-hydrogen) atoms. The van der Waals surface area contributed by atoms with Crippen LogP contribution in [0.1, 0.15) is 220 Å². The van der Waals surface area contributed by atoms with Gasteiger partial charge in [0, 0.05) is 11.8 Å². The maximum absolute atomic E-state index is 12.2. The van der Waals surface area contributed by atoms with Crippen LogP contribution in [0.4, 0.5) is 0 Å². The molecule has 10 aliphatic carbocycles. The molecule has 0 aromatic heterocycles. The first-order chi connectivity index (χ1) is 41.5. The zero-order valence-electron chi connectivity index (χ0n) is 56.7. The molecule has 19 heteroatoms. The molecule has 14 fully saturated rings. The molecule has 19 nitrogen and oxygen atoms in total. The van der Waals surface area contributed by atoms with Gasteiger partial charge < -0.3 is 94.8 Å². The van der Waals surface area contributed by atoms with Crippen molar-refractivity contribution in [2.45, 2.75) is 346 Å². The van der Waals surface area contributed by atoms with E-state index >= 15 is 0 Å². The monoisotopic (exact) mass is 1290 g/mol. The zero-order chi connectivity index (χ0) is 65.7. The van der Waals surface area contributed by atoms with E-state index in [0.717, 1.165) is 83.5 Å². The smallest absolute Gasteiger partial charge is 0.186 e. The van der Waals surface area contributed by atoms with Crippen LogP contribution in [-0.4, -0.2) is 206 Å². The van der Waals surface area contributed by atoms with Crippen LogP contribution in [0.5, 0.6) is 0 Å². The van der Waals surface area contributed by atoms with E-state index in [-0.39, 0.29) is 111 Å². The molecule has 10 saturated carbocycles. The van der Waals surface area contributed by atoms with Crippen LogP contribution in [0.15, 0.2) is 0 Å². The molecule has 4 saturated heterocycles. The molecule has 0 aromatic rings. The standard InChI is InChI=1S/C41H68O14.C30H50O5.CH4/c1-35(2)24(54-33-29(48)26(45)20(44)17-51-33)9-11-41-18-40(41)13-12-37(5)31(39(7)10-8-25(55-39)36(3,4)50)19(43)15-38(37,6)23(40)14-21(32(35)41)52-34-30(49)28(47)27(46)22(16-42)53-34;1-24(2)20(33)8-11-30-16-29(30)13-12-26(5)23(28(7)10-9-21(35-28)25(3,4)34)18(32)15-27(26,6)19(29)14-17(31)22(24)30;/h19-34,42-50H,8-18H2,1-7H3;17-23,31-34H,8-16H2,1-7H3;1H4/t19-,20+,21-,22+,23-,24-,25-,26-,27+,28-,29+,30+,31-,32-,33?,34?,37+,38-,39+,40-,41?;17-,18-,19-,20-,21-,22-,23-,26+,27-,28+,29-,30?;/m00./s1. The third kappa shape index (κ3) is 9.44. The molecule has 4 aliphatic heterocycles. The van der Waals surface area contributed by atoms with Gasteiger partial charge in [-0.2, -0.15) is 0 Å². The SMILES string of the molecule is C.CC(C)(O)[C@@H]1CC[C@](C)([C@H]2[C@@H](O)C[C@@]3(C)[C@@H]4C[C@H](O)[C@H]5C(C)(C)[C@@H](O)CCC56C[C@@]46CC[C@]23C)O1.CC(C)(O)[C@@H]1CC[C@](C)([C@H]2[C@@H](O)C[C@@]3(C)[C@@H]4C[C@H](OC5O[C@H](CO)[C@@H](O)[C@H](O)[C@H]5O)[C@H]5C(C)(C)[C@@H](OC6OC[C@@H](O)[C@H](O)[C@H]6O)CCC56C[C@@]46CC[C@]23C)O1. The van der Waals surface area contributed by atoms with Gasteiger partial charge in [0.2, 0.25) is 0 Å². The number of rotatable bonds is 9. The highest BCUT2D eigenvalue weighted by molar-refractivity contribution is 5.35. The summed E-state index contributed by atoms with van der Waals surface area (Å²) in [6.07, 6.45) is -0.301. The quantitative estimate of drug-likeness (QED) is 0.121. The molecule has 0 amide bonds. The van der Waals surface area contributed by atoms with Gasteiger partial charge in [-0.3, -0.25) is 0 Å². The molecule has 33 atom stereocenters. The Bertz CT molecular complexity index is 2720. The summed E-state index contributed by atoms with van der Waals surface area (Å²) >= 11 is 0. The minimum absolute atomic E-state index is 0. The van der Waals surface area contributed by atoms with Crippen molar-refractivity contribution >= 4 is 0 Å².